The molecule has 176 valence electrons. The van der Waals surface area contributed by atoms with E-state index in [4.69, 9.17) is 4.74 Å². The zero-order valence-corrected chi connectivity index (χ0v) is 18.6. The predicted molar refractivity (Wildman–Crippen MR) is 123 cm³/mol. The number of hydrogen-bond acceptors (Lipinski definition) is 6. The number of likely N-dealkylation sites (tertiary alicyclic amines) is 1. The van der Waals surface area contributed by atoms with Gasteiger partial charge in [-0.3, -0.25) is 4.79 Å². The quantitative estimate of drug-likeness (QED) is 0.540. The van der Waals surface area contributed by atoms with Crippen LogP contribution in [0.1, 0.15) is 18.4 Å². The summed E-state index contributed by atoms with van der Waals surface area (Å²) >= 11 is 0. The number of anilines is 2. The summed E-state index contributed by atoms with van der Waals surface area (Å²) < 4.78 is 34.3. The van der Waals surface area contributed by atoms with Crippen molar-refractivity contribution in [2.24, 2.45) is 11.8 Å². The maximum absolute atomic E-state index is 14.5. The number of nitrogens with zero attached hydrogens (tertiary/aromatic N) is 3. The lowest BCUT2D eigenvalue weighted by Crippen LogP contribution is -2.29. The van der Waals surface area contributed by atoms with Crippen LogP contribution in [0.2, 0.25) is 0 Å². The zero-order chi connectivity index (χ0) is 24.0. The number of phenolic OH excluding ortho intramolecular Hbond substituents is 1. The van der Waals surface area contributed by atoms with Crippen molar-refractivity contribution in [1.29, 1.82) is 0 Å². The molecule has 1 saturated heterocycles. The average Bonchev–Trinajstić information content (AvgIpc) is 3.38. The van der Waals surface area contributed by atoms with Crippen LogP contribution < -0.4 is 10.1 Å². The van der Waals surface area contributed by atoms with Gasteiger partial charge in [-0.15, -0.1) is 0 Å². The van der Waals surface area contributed by atoms with E-state index in [9.17, 15) is 18.7 Å². The number of halogens is 2. The van der Waals surface area contributed by atoms with Crippen LogP contribution in [0.5, 0.6) is 11.5 Å². The van der Waals surface area contributed by atoms with Crippen molar-refractivity contribution in [2.75, 3.05) is 18.4 Å². The summed E-state index contributed by atoms with van der Waals surface area (Å²) in [6, 6.07) is 5.60. The second kappa shape index (κ2) is 8.55. The number of hydrogen-bond donors (Lipinski definition) is 2. The Balaban J connectivity index is 1.38. The molecule has 1 amide bonds. The molecule has 1 saturated carbocycles. The molecule has 9 heteroatoms. The molecule has 2 heterocycles. The number of aromatic hydroxyl groups is 1. The Morgan fingerprint density at radius 3 is 2.68 bits per heavy atom. The van der Waals surface area contributed by atoms with Gasteiger partial charge in [-0.1, -0.05) is 6.58 Å². The fraction of sp³-hybridized carbons (Fsp3) is 0.320. The van der Waals surface area contributed by atoms with E-state index in [1.807, 2.05) is 4.90 Å². The van der Waals surface area contributed by atoms with Crippen molar-refractivity contribution in [3.63, 3.8) is 0 Å². The molecule has 1 aliphatic heterocycles. The third kappa shape index (κ3) is 3.91. The number of rotatable bonds is 5. The second-order valence-electron chi connectivity index (χ2n) is 8.90. The number of nitrogens with one attached hydrogen (secondary N) is 1. The number of phenols is 1. The Kier molecular flexibility index (Phi) is 5.55. The Morgan fingerprint density at radius 1 is 1.24 bits per heavy atom. The number of amides is 1. The summed E-state index contributed by atoms with van der Waals surface area (Å²) in [6.07, 6.45) is 4.10. The van der Waals surface area contributed by atoms with Gasteiger partial charge in [0, 0.05) is 30.1 Å². The molecule has 2 fully saturated rings. The maximum atomic E-state index is 14.5. The summed E-state index contributed by atoms with van der Waals surface area (Å²) in [7, 11) is 0. The highest BCUT2D eigenvalue weighted by molar-refractivity contribution is 5.93. The van der Waals surface area contributed by atoms with Gasteiger partial charge in [0.2, 0.25) is 5.91 Å². The van der Waals surface area contributed by atoms with Crippen molar-refractivity contribution >= 4 is 28.3 Å². The molecule has 0 bridgehead atoms. The van der Waals surface area contributed by atoms with Crippen LogP contribution in [0.25, 0.3) is 10.9 Å². The van der Waals surface area contributed by atoms with Gasteiger partial charge in [0.15, 0.2) is 17.3 Å². The van der Waals surface area contributed by atoms with E-state index in [1.165, 1.54) is 37.5 Å². The molecule has 0 spiro atoms. The van der Waals surface area contributed by atoms with Crippen LogP contribution in [-0.4, -0.2) is 45.1 Å². The van der Waals surface area contributed by atoms with E-state index < -0.39 is 11.6 Å². The fourth-order valence-electron chi connectivity index (χ4n) is 4.98. The van der Waals surface area contributed by atoms with E-state index in [-0.39, 0.29) is 34.8 Å². The van der Waals surface area contributed by atoms with Crippen molar-refractivity contribution in [3.8, 4) is 11.5 Å². The molecule has 2 aliphatic rings. The van der Waals surface area contributed by atoms with Gasteiger partial charge in [-0.05, 0) is 55.9 Å². The monoisotopic (exact) mass is 466 g/mol. The molecule has 1 aromatic heterocycles. The van der Waals surface area contributed by atoms with E-state index >= 15 is 0 Å². The Bertz CT molecular complexity index is 1280. The maximum Gasteiger partial charge on any atom is 0.245 e. The van der Waals surface area contributed by atoms with E-state index in [2.05, 4.69) is 21.9 Å². The number of aromatic nitrogens is 2. The first-order valence-corrected chi connectivity index (χ1v) is 11.1. The molecule has 2 atom stereocenters. The van der Waals surface area contributed by atoms with E-state index in [0.29, 0.717) is 41.6 Å². The summed E-state index contributed by atoms with van der Waals surface area (Å²) in [5.41, 5.74) is 0.435. The third-order valence-electron chi connectivity index (χ3n) is 6.78. The summed E-state index contributed by atoms with van der Waals surface area (Å²) in [6.45, 7) is 6.29. The first-order valence-electron chi connectivity index (χ1n) is 11.1. The van der Waals surface area contributed by atoms with Gasteiger partial charge in [0.25, 0.3) is 0 Å². The van der Waals surface area contributed by atoms with Crippen LogP contribution in [0.3, 0.4) is 0 Å². The van der Waals surface area contributed by atoms with Crippen LogP contribution in [0, 0.1) is 30.4 Å². The summed E-state index contributed by atoms with van der Waals surface area (Å²) in [5.74, 6) is -0.151. The van der Waals surface area contributed by atoms with Gasteiger partial charge < -0.3 is 20.1 Å². The normalized spacial score (nSPS) is 21.5. The molecular weight excluding hydrogens is 442 g/mol. The van der Waals surface area contributed by atoms with Crippen LogP contribution in [-0.2, 0) is 4.79 Å². The molecule has 0 radical (unpaired) electrons. The largest absolute Gasteiger partial charge is 0.504 e. The van der Waals surface area contributed by atoms with Crippen molar-refractivity contribution in [2.45, 2.75) is 25.9 Å². The van der Waals surface area contributed by atoms with Gasteiger partial charge >= 0.3 is 0 Å². The first kappa shape index (κ1) is 22.1. The highest BCUT2D eigenvalue weighted by atomic mass is 19.1. The molecule has 3 aromatic rings. The van der Waals surface area contributed by atoms with Crippen LogP contribution in [0.15, 0.2) is 43.2 Å². The van der Waals surface area contributed by atoms with Crippen molar-refractivity contribution < 1.29 is 23.4 Å². The highest BCUT2D eigenvalue weighted by Gasteiger charge is 2.43. The number of ether oxygens (including phenoxy) is 1. The lowest BCUT2D eigenvalue weighted by atomic mass is 10.0. The fourth-order valence-corrected chi connectivity index (χ4v) is 4.98. The number of carbonyl (C=O) groups excluding carboxylic acids is 1. The molecule has 7 nitrogen and oxygen atoms in total. The van der Waals surface area contributed by atoms with Gasteiger partial charge in [-0.25, -0.2) is 18.7 Å². The third-order valence-corrected chi connectivity index (χ3v) is 6.78. The Hall–Kier alpha value is -3.75. The molecule has 5 rings (SSSR count). The molecule has 2 unspecified atom stereocenters. The summed E-state index contributed by atoms with van der Waals surface area (Å²) in [4.78, 5) is 22.1. The standard InChI is InChI=1S/C25H24F2N4O3/c1-3-23(33)31-10-14-6-16(7-15(14)11-31)34-22-8-17-20(9-21(22)32)28-12-29-25(17)30-19-5-4-18(26)13(2)24(19)27/h3-5,8-9,12,14-16,32H,1,6-7,10-11H2,2H3,(H,28,29,30). The van der Waals surface area contributed by atoms with Gasteiger partial charge in [0.05, 0.1) is 17.3 Å². The smallest absolute Gasteiger partial charge is 0.245 e. The molecule has 34 heavy (non-hydrogen) atoms. The molecule has 2 aromatic carbocycles. The first-order chi connectivity index (χ1) is 16.3. The average molecular weight is 466 g/mol. The Morgan fingerprint density at radius 2 is 1.97 bits per heavy atom. The Labute approximate surface area is 195 Å². The second-order valence-corrected chi connectivity index (χ2v) is 8.90. The van der Waals surface area contributed by atoms with Crippen LogP contribution in [0.4, 0.5) is 20.3 Å². The lowest BCUT2D eigenvalue weighted by molar-refractivity contribution is -0.125. The van der Waals surface area contributed by atoms with Crippen molar-refractivity contribution in [1.82, 2.24) is 14.9 Å². The minimum Gasteiger partial charge on any atom is -0.504 e. The van der Waals surface area contributed by atoms with E-state index in [0.717, 1.165) is 12.8 Å². The molecular formula is C25H24F2N4O3. The number of benzene rings is 2. The van der Waals surface area contributed by atoms with Gasteiger partial charge in [0.1, 0.15) is 18.0 Å². The lowest BCUT2D eigenvalue weighted by Gasteiger charge is -2.20. The molecule has 1 aliphatic carbocycles. The predicted octanol–water partition coefficient (Wildman–Crippen LogP) is 4.47. The van der Waals surface area contributed by atoms with E-state index in [1.54, 1.807) is 6.07 Å². The van der Waals surface area contributed by atoms with Crippen molar-refractivity contribution in [3.05, 3.63) is 60.4 Å². The van der Waals surface area contributed by atoms with Gasteiger partial charge in [-0.2, -0.15) is 0 Å². The van der Waals surface area contributed by atoms with Crippen LogP contribution >= 0.6 is 0 Å². The topological polar surface area (TPSA) is 87.6 Å². The SMILES string of the molecule is C=CC(=O)N1CC2CC(Oc3cc4c(Nc5ccc(F)c(C)c5F)ncnc4cc3O)CC2C1. The minimum absolute atomic E-state index is 0.0492. The zero-order valence-electron chi connectivity index (χ0n) is 18.6. The summed E-state index contributed by atoms with van der Waals surface area (Å²) in [5, 5.41) is 14.0. The highest BCUT2D eigenvalue weighted by Crippen LogP contribution is 2.42. The molecule has 2 N–H and O–H groups in total. The minimum atomic E-state index is -0.705. The number of carbonyl (C=O) groups is 1. The number of fused-ring (bicyclic) bond motifs is 2.